The molecule has 0 unspecified atom stereocenters. The maximum absolute atomic E-state index is 4.71. The highest BCUT2D eigenvalue weighted by atomic mass is 35.5. The Morgan fingerprint density at radius 2 is 2.23 bits per heavy atom. The van der Waals surface area contributed by atoms with Crippen molar-refractivity contribution in [2.24, 2.45) is 0 Å². The number of halogens is 1. The van der Waals surface area contributed by atoms with Crippen LogP contribution in [0.4, 0.5) is 0 Å². The average Bonchev–Trinajstić information content (AvgIpc) is 3.34. The number of hydrogen-bond donors (Lipinski definition) is 1. The fourth-order valence-electron chi connectivity index (χ4n) is 3.23. The van der Waals surface area contributed by atoms with Crippen molar-refractivity contribution in [3.05, 3.63) is 41.1 Å². The predicted octanol–water partition coefficient (Wildman–Crippen LogP) is 1.93. The molecule has 0 bridgehead atoms. The minimum Gasteiger partial charge on any atom is -0.329 e. The van der Waals surface area contributed by atoms with Crippen LogP contribution in [0.2, 0.25) is 0 Å². The zero-order chi connectivity index (χ0) is 16.8. The van der Waals surface area contributed by atoms with Crippen LogP contribution in [0, 0.1) is 6.92 Å². The molecule has 0 spiro atoms. The lowest BCUT2D eigenvalue weighted by Crippen LogP contribution is -2.28. The number of imidazole rings is 2. The minimum atomic E-state index is 0. The van der Waals surface area contributed by atoms with E-state index in [1.54, 1.807) is 11.3 Å². The second-order valence-corrected chi connectivity index (χ2v) is 7.36. The van der Waals surface area contributed by atoms with Gasteiger partial charge in [0.05, 0.1) is 24.1 Å². The number of aromatic nitrogens is 7. The van der Waals surface area contributed by atoms with Crippen molar-refractivity contribution in [2.45, 2.75) is 33.0 Å². The van der Waals surface area contributed by atoms with Gasteiger partial charge in [0.1, 0.15) is 10.7 Å². The number of fused-ring (bicyclic) bond motifs is 2. The Balaban J connectivity index is 0.00000168. The number of hydrogen-bond acceptors (Lipinski definition) is 6. The van der Waals surface area contributed by atoms with Gasteiger partial charge in [0, 0.05) is 38.4 Å². The highest BCUT2D eigenvalue weighted by molar-refractivity contribution is 7.16. The van der Waals surface area contributed by atoms with Gasteiger partial charge in [-0.2, -0.15) is 10.2 Å². The van der Waals surface area contributed by atoms with Crippen molar-refractivity contribution in [2.75, 3.05) is 6.54 Å². The molecule has 4 aromatic rings. The van der Waals surface area contributed by atoms with Crippen LogP contribution in [0.15, 0.2) is 24.7 Å². The molecule has 0 amide bonds. The summed E-state index contributed by atoms with van der Waals surface area (Å²) in [4.78, 5) is 10.1. The van der Waals surface area contributed by atoms with Crippen LogP contribution in [0.25, 0.3) is 16.5 Å². The second kappa shape index (κ2) is 6.82. The molecule has 4 aromatic heterocycles. The molecule has 0 saturated carbocycles. The summed E-state index contributed by atoms with van der Waals surface area (Å²) in [5.41, 5.74) is 3.20. The zero-order valence-electron chi connectivity index (χ0n) is 14.3. The summed E-state index contributed by atoms with van der Waals surface area (Å²) in [7, 11) is 0. The molecule has 0 aromatic carbocycles. The molecule has 0 saturated heterocycles. The maximum Gasteiger partial charge on any atom is 0.212 e. The molecule has 0 atom stereocenters. The molecule has 0 aliphatic carbocycles. The molecule has 1 aliphatic rings. The van der Waals surface area contributed by atoms with Crippen molar-refractivity contribution in [3.8, 4) is 11.5 Å². The Morgan fingerprint density at radius 1 is 1.31 bits per heavy atom. The van der Waals surface area contributed by atoms with E-state index in [1.165, 1.54) is 5.69 Å². The van der Waals surface area contributed by atoms with Crippen LogP contribution in [0.1, 0.15) is 16.4 Å². The Hall–Kier alpha value is -2.23. The van der Waals surface area contributed by atoms with Crippen molar-refractivity contribution < 1.29 is 0 Å². The molecule has 1 N–H and O–H groups in total. The summed E-state index contributed by atoms with van der Waals surface area (Å²) in [6.07, 6.45) is 6.69. The van der Waals surface area contributed by atoms with Gasteiger partial charge in [-0.05, 0) is 13.0 Å². The molecule has 136 valence electrons. The molecule has 5 heterocycles. The van der Waals surface area contributed by atoms with Crippen molar-refractivity contribution in [1.29, 1.82) is 0 Å². The molecule has 8 nitrogen and oxygen atoms in total. The largest absolute Gasteiger partial charge is 0.329 e. The van der Waals surface area contributed by atoms with Crippen molar-refractivity contribution in [1.82, 2.24) is 39.2 Å². The summed E-state index contributed by atoms with van der Waals surface area (Å²) < 4.78 is 6.08. The standard InChI is InChI=1S/C16H18N8S.ClH/c1-11-20-24-10-12(19-16(24)25-11)2-5-22-6-4-18-15(22)14-8-13-9-17-3-7-23(13)21-14;/h4,6,8,10,17H,2-3,5,7,9H2,1H3;1H. The third-order valence-corrected chi connectivity index (χ3v) is 5.26. The topological polar surface area (TPSA) is 77.9 Å². The van der Waals surface area contributed by atoms with E-state index in [1.807, 2.05) is 30.0 Å². The Labute approximate surface area is 160 Å². The first kappa shape index (κ1) is 17.2. The third-order valence-electron chi connectivity index (χ3n) is 4.42. The van der Waals surface area contributed by atoms with Crippen LogP contribution in [-0.4, -0.2) is 40.5 Å². The highest BCUT2D eigenvalue weighted by Crippen LogP contribution is 2.20. The first-order valence-electron chi connectivity index (χ1n) is 8.37. The average molecular weight is 391 g/mol. The van der Waals surface area contributed by atoms with Crippen LogP contribution in [0.3, 0.4) is 0 Å². The van der Waals surface area contributed by atoms with Gasteiger partial charge < -0.3 is 9.88 Å². The summed E-state index contributed by atoms with van der Waals surface area (Å²) >= 11 is 1.61. The summed E-state index contributed by atoms with van der Waals surface area (Å²) in [5, 5.41) is 13.5. The van der Waals surface area contributed by atoms with E-state index in [9.17, 15) is 0 Å². The molecule has 1 aliphatic heterocycles. The Bertz CT molecular complexity index is 987. The number of nitrogens with zero attached hydrogens (tertiary/aromatic N) is 7. The maximum atomic E-state index is 4.71. The van der Waals surface area contributed by atoms with E-state index in [0.29, 0.717) is 0 Å². The minimum absolute atomic E-state index is 0. The summed E-state index contributed by atoms with van der Waals surface area (Å²) in [5.74, 6) is 0.914. The van der Waals surface area contributed by atoms with Gasteiger partial charge in [-0.1, -0.05) is 11.3 Å². The molecular weight excluding hydrogens is 372 g/mol. The second-order valence-electron chi connectivity index (χ2n) is 6.20. The number of aryl methyl sites for hydroxylation is 3. The lowest BCUT2D eigenvalue weighted by atomic mass is 10.3. The summed E-state index contributed by atoms with van der Waals surface area (Å²) in [6, 6.07) is 2.13. The van der Waals surface area contributed by atoms with Gasteiger partial charge in [0.15, 0.2) is 5.82 Å². The molecular formula is C16H19ClN8S. The highest BCUT2D eigenvalue weighted by Gasteiger charge is 2.16. The lowest BCUT2D eigenvalue weighted by molar-refractivity contribution is 0.476. The molecule has 0 radical (unpaired) electrons. The summed E-state index contributed by atoms with van der Waals surface area (Å²) in [6.45, 7) is 5.56. The van der Waals surface area contributed by atoms with Gasteiger partial charge in [-0.15, -0.1) is 12.4 Å². The SMILES string of the molecule is Cc1nn2cc(CCn3ccnc3-c3cc4n(n3)CCNC4)nc2s1.Cl. The van der Waals surface area contributed by atoms with E-state index in [0.717, 1.165) is 59.8 Å². The van der Waals surface area contributed by atoms with Crippen LogP contribution in [-0.2, 0) is 26.1 Å². The van der Waals surface area contributed by atoms with Crippen molar-refractivity contribution >= 4 is 28.7 Å². The van der Waals surface area contributed by atoms with Crippen LogP contribution < -0.4 is 5.32 Å². The third kappa shape index (κ3) is 3.02. The smallest absolute Gasteiger partial charge is 0.212 e. The van der Waals surface area contributed by atoms with Gasteiger partial charge in [-0.3, -0.25) is 4.68 Å². The monoisotopic (exact) mass is 390 g/mol. The van der Waals surface area contributed by atoms with Gasteiger partial charge in [-0.25, -0.2) is 14.5 Å². The first-order chi connectivity index (χ1) is 12.3. The van der Waals surface area contributed by atoms with E-state index in [-0.39, 0.29) is 12.4 Å². The van der Waals surface area contributed by atoms with Crippen LogP contribution >= 0.6 is 23.7 Å². The fourth-order valence-corrected chi connectivity index (χ4v) is 3.97. The lowest BCUT2D eigenvalue weighted by Gasteiger charge is -2.13. The molecule has 26 heavy (non-hydrogen) atoms. The fraction of sp³-hybridized carbons (Fsp3) is 0.375. The molecule has 0 fully saturated rings. The Kier molecular flexibility index (Phi) is 4.51. The predicted molar refractivity (Wildman–Crippen MR) is 102 cm³/mol. The van der Waals surface area contributed by atoms with Gasteiger partial charge in [0.25, 0.3) is 0 Å². The normalized spacial score (nSPS) is 13.7. The first-order valence-corrected chi connectivity index (χ1v) is 9.18. The van der Waals surface area contributed by atoms with Gasteiger partial charge in [0.2, 0.25) is 4.96 Å². The van der Waals surface area contributed by atoms with Crippen LogP contribution in [0.5, 0.6) is 0 Å². The van der Waals surface area contributed by atoms with E-state index in [2.05, 4.69) is 35.7 Å². The zero-order valence-corrected chi connectivity index (χ0v) is 15.9. The van der Waals surface area contributed by atoms with E-state index >= 15 is 0 Å². The van der Waals surface area contributed by atoms with E-state index in [4.69, 9.17) is 5.10 Å². The number of rotatable bonds is 4. The molecule has 5 rings (SSSR count). The molecule has 10 heteroatoms. The van der Waals surface area contributed by atoms with Gasteiger partial charge >= 0.3 is 0 Å². The quantitative estimate of drug-likeness (QED) is 0.576. The van der Waals surface area contributed by atoms with Crippen molar-refractivity contribution in [3.63, 3.8) is 0 Å². The van der Waals surface area contributed by atoms with E-state index < -0.39 is 0 Å². The Morgan fingerprint density at radius 3 is 3.08 bits per heavy atom. The number of nitrogens with one attached hydrogen (secondary N) is 1.